The molecule has 25 heavy (non-hydrogen) atoms. The van der Waals surface area contributed by atoms with Crippen LogP contribution in [0.1, 0.15) is 35.7 Å². The first-order valence-corrected chi connectivity index (χ1v) is 8.40. The molecule has 3 rings (SSSR count). The van der Waals surface area contributed by atoms with Crippen LogP contribution in [0.25, 0.3) is 0 Å². The minimum atomic E-state index is -0.497. The highest BCUT2D eigenvalue weighted by molar-refractivity contribution is 6.52. The number of anilines is 1. The molecule has 0 saturated carbocycles. The summed E-state index contributed by atoms with van der Waals surface area (Å²) < 4.78 is 11.1. The van der Waals surface area contributed by atoms with Crippen LogP contribution in [0.3, 0.4) is 0 Å². The standard InChI is InChI=1S/C20H21NO4/c1-3-4-11-25-17-10-9-14(12-18(17)24-2)13-21-16-8-6-5-7-15(16)19(22)20(21)23/h5-10,12H,3-4,11,13H2,1-2H3. The van der Waals surface area contributed by atoms with Crippen LogP contribution in [0, 0.1) is 0 Å². The van der Waals surface area contributed by atoms with Crippen LogP contribution >= 0.6 is 0 Å². The van der Waals surface area contributed by atoms with Gasteiger partial charge < -0.3 is 14.4 Å². The summed E-state index contributed by atoms with van der Waals surface area (Å²) in [4.78, 5) is 25.9. The number of amides is 1. The van der Waals surface area contributed by atoms with E-state index < -0.39 is 11.7 Å². The zero-order valence-corrected chi connectivity index (χ0v) is 14.5. The topological polar surface area (TPSA) is 55.8 Å². The highest BCUT2D eigenvalue weighted by Gasteiger charge is 2.35. The average molecular weight is 339 g/mol. The number of methoxy groups -OCH3 is 1. The molecule has 1 aliphatic rings. The maximum Gasteiger partial charge on any atom is 0.299 e. The van der Waals surface area contributed by atoms with Gasteiger partial charge >= 0.3 is 0 Å². The van der Waals surface area contributed by atoms with Gasteiger partial charge in [-0.05, 0) is 36.2 Å². The van der Waals surface area contributed by atoms with Crippen molar-refractivity contribution in [1.82, 2.24) is 0 Å². The van der Waals surface area contributed by atoms with E-state index in [2.05, 4.69) is 6.92 Å². The fraction of sp³-hybridized carbons (Fsp3) is 0.300. The van der Waals surface area contributed by atoms with Crippen LogP contribution in [0.5, 0.6) is 11.5 Å². The fourth-order valence-corrected chi connectivity index (χ4v) is 2.84. The second-order valence-electron chi connectivity index (χ2n) is 5.92. The molecule has 5 nitrogen and oxygen atoms in total. The molecular formula is C20H21NO4. The number of fused-ring (bicyclic) bond motifs is 1. The van der Waals surface area contributed by atoms with Gasteiger partial charge in [0.2, 0.25) is 0 Å². The predicted molar refractivity (Wildman–Crippen MR) is 95.4 cm³/mol. The third-order valence-electron chi connectivity index (χ3n) is 4.20. The molecule has 5 heteroatoms. The number of carbonyl (C=O) groups excluding carboxylic acids is 2. The Morgan fingerprint density at radius 1 is 1.04 bits per heavy atom. The summed E-state index contributed by atoms with van der Waals surface area (Å²) in [6, 6.07) is 12.6. The monoisotopic (exact) mass is 339 g/mol. The van der Waals surface area contributed by atoms with Crippen LogP contribution in [0.2, 0.25) is 0 Å². The van der Waals surface area contributed by atoms with Crippen LogP contribution in [-0.2, 0) is 11.3 Å². The van der Waals surface area contributed by atoms with Crippen molar-refractivity contribution in [1.29, 1.82) is 0 Å². The van der Waals surface area contributed by atoms with Crippen LogP contribution in [-0.4, -0.2) is 25.4 Å². The summed E-state index contributed by atoms with van der Waals surface area (Å²) in [5, 5.41) is 0. The molecule has 1 aliphatic heterocycles. The lowest BCUT2D eigenvalue weighted by Gasteiger charge is -2.18. The number of para-hydroxylation sites is 1. The molecule has 2 aromatic rings. The Morgan fingerprint density at radius 2 is 1.84 bits per heavy atom. The van der Waals surface area contributed by atoms with E-state index in [1.165, 1.54) is 4.90 Å². The molecule has 0 spiro atoms. The zero-order chi connectivity index (χ0) is 17.8. The number of hydrogen-bond acceptors (Lipinski definition) is 4. The first-order chi connectivity index (χ1) is 12.2. The third kappa shape index (κ3) is 3.36. The maximum absolute atomic E-state index is 12.3. The molecule has 1 amide bonds. The minimum Gasteiger partial charge on any atom is -0.493 e. The Morgan fingerprint density at radius 3 is 2.60 bits per heavy atom. The number of hydrogen-bond donors (Lipinski definition) is 0. The Balaban J connectivity index is 1.81. The second kappa shape index (κ2) is 7.38. The number of unbranched alkanes of at least 4 members (excludes halogenated alkanes) is 1. The minimum absolute atomic E-state index is 0.313. The molecule has 0 N–H and O–H groups in total. The average Bonchev–Trinajstić information content (AvgIpc) is 2.88. The number of ketones is 1. The fourth-order valence-electron chi connectivity index (χ4n) is 2.84. The van der Waals surface area contributed by atoms with Crippen molar-refractivity contribution in [3.63, 3.8) is 0 Å². The van der Waals surface area contributed by atoms with E-state index in [0.29, 0.717) is 35.9 Å². The Kier molecular flexibility index (Phi) is 5.03. The molecule has 0 aromatic heterocycles. The molecule has 0 atom stereocenters. The summed E-state index contributed by atoms with van der Waals surface area (Å²) in [6.07, 6.45) is 2.04. The van der Waals surface area contributed by atoms with Crippen molar-refractivity contribution in [2.24, 2.45) is 0 Å². The van der Waals surface area contributed by atoms with Crippen LogP contribution in [0.4, 0.5) is 5.69 Å². The predicted octanol–water partition coefficient (Wildman–Crippen LogP) is 3.60. The van der Waals surface area contributed by atoms with Crippen molar-refractivity contribution >= 4 is 17.4 Å². The molecule has 0 saturated heterocycles. The third-order valence-corrected chi connectivity index (χ3v) is 4.20. The summed E-state index contributed by atoms with van der Waals surface area (Å²) >= 11 is 0. The van der Waals surface area contributed by atoms with Crippen molar-refractivity contribution in [3.8, 4) is 11.5 Å². The van der Waals surface area contributed by atoms with Gasteiger partial charge in [-0.3, -0.25) is 9.59 Å². The van der Waals surface area contributed by atoms with Crippen molar-refractivity contribution in [2.45, 2.75) is 26.3 Å². The molecule has 0 bridgehead atoms. The molecule has 1 heterocycles. The van der Waals surface area contributed by atoms with E-state index >= 15 is 0 Å². The summed E-state index contributed by atoms with van der Waals surface area (Å²) in [5.74, 6) is 0.356. The van der Waals surface area contributed by atoms with Crippen LogP contribution in [0.15, 0.2) is 42.5 Å². The number of nitrogens with zero attached hydrogens (tertiary/aromatic N) is 1. The SMILES string of the molecule is CCCCOc1ccc(CN2C(=O)C(=O)c3ccccc32)cc1OC. The van der Waals surface area contributed by atoms with Gasteiger partial charge in [-0.25, -0.2) is 0 Å². The van der Waals surface area contributed by atoms with Gasteiger partial charge in [-0.1, -0.05) is 31.5 Å². The van der Waals surface area contributed by atoms with E-state index in [4.69, 9.17) is 9.47 Å². The van der Waals surface area contributed by atoms with Gasteiger partial charge in [0.05, 0.1) is 31.5 Å². The summed E-state index contributed by atoms with van der Waals surface area (Å²) in [7, 11) is 1.59. The van der Waals surface area contributed by atoms with E-state index in [1.54, 1.807) is 25.3 Å². The summed E-state index contributed by atoms with van der Waals surface area (Å²) in [6.45, 7) is 3.06. The summed E-state index contributed by atoms with van der Waals surface area (Å²) in [5.41, 5.74) is 1.98. The lowest BCUT2D eigenvalue weighted by molar-refractivity contribution is -0.114. The lowest BCUT2D eigenvalue weighted by Crippen LogP contribution is -2.29. The highest BCUT2D eigenvalue weighted by atomic mass is 16.5. The lowest BCUT2D eigenvalue weighted by atomic mass is 10.1. The Labute approximate surface area is 147 Å². The first-order valence-electron chi connectivity index (χ1n) is 8.40. The van der Waals surface area contributed by atoms with Crippen molar-refractivity contribution in [3.05, 3.63) is 53.6 Å². The molecule has 0 unspecified atom stereocenters. The number of Topliss-reactive ketones (excluding diaryl/α,β-unsaturated/α-hetero) is 1. The largest absolute Gasteiger partial charge is 0.493 e. The molecule has 0 aliphatic carbocycles. The molecule has 0 radical (unpaired) electrons. The van der Waals surface area contributed by atoms with Crippen molar-refractivity contribution < 1.29 is 19.1 Å². The zero-order valence-electron chi connectivity index (χ0n) is 14.5. The maximum atomic E-state index is 12.3. The molecule has 130 valence electrons. The van der Waals surface area contributed by atoms with E-state index in [-0.39, 0.29) is 0 Å². The number of rotatable bonds is 7. The smallest absolute Gasteiger partial charge is 0.299 e. The van der Waals surface area contributed by atoms with Crippen molar-refractivity contribution in [2.75, 3.05) is 18.6 Å². The second-order valence-corrected chi connectivity index (χ2v) is 5.92. The van der Waals surface area contributed by atoms with Gasteiger partial charge in [0, 0.05) is 0 Å². The van der Waals surface area contributed by atoms with Gasteiger partial charge in [0.1, 0.15) is 0 Å². The Bertz CT molecular complexity index is 800. The molecule has 0 fully saturated rings. The van der Waals surface area contributed by atoms with Gasteiger partial charge in [-0.2, -0.15) is 0 Å². The van der Waals surface area contributed by atoms with Gasteiger partial charge in [-0.15, -0.1) is 0 Å². The van der Waals surface area contributed by atoms with E-state index in [9.17, 15) is 9.59 Å². The Hall–Kier alpha value is -2.82. The number of carbonyl (C=O) groups is 2. The quantitative estimate of drug-likeness (QED) is 0.571. The number of ether oxygens (including phenoxy) is 2. The van der Waals surface area contributed by atoms with E-state index in [0.717, 1.165) is 18.4 Å². The molecular weight excluding hydrogens is 318 g/mol. The van der Waals surface area contributed by atoms with Crippen LogP contribution < -0.4 is 14.4 Å². The number of benzene rings is 2. The van der Waals surface area contributed by atoms with Gasteiger partial charge in [0.15, 0.2) is 11.5 Å². The van der Waals surface area contributed by atoms with E-state index in [1.807, 2.05) is 24.3 Å². The van der Waals surface area contributed by atoms with Gasteiger partial charge in [0.25, 0.3) is 11.7 Å². The highest BCUT2D eigenvalue weighted by Crippen LogP contribution is 2.33. The normalized spacial score (nSPS) is 13.1. The molecule has 2 aromatic carbocycles. The first kappa shape index (κ1) is 17.0.